The normalized spacial score (nSPS) is 25.1. The van der Waals surface area contributed by atoms with Crippen molar-refractivity contribution >= 4 is 5.91 Å². The summed E-state index contributed by atoms with van der Waals surface area (Å²) in [5.74, 6) is 0.180. The molecule has 1 saturated heterocycles. The number of nitrogens with one attached hydrogen (secondary N) is 1. The summed E-state index contributed by atoms with van der Waals surface area (Å²) in [6, 6.07) is 4.96. The number of halogens is 1. The van der Waals surface area contributed by atoms with Gasteiger partial charge in [0.15, 0.2) is 0 Å². The molecular formula is C23H34FNO5. The van der Waals surface area contributed by atoms with E-state index in [0.717, 1.165) is 45.1 Å². The second-order valence-electron chi connectivity index (χ2n) is 8.34. The fourth-order valence-corrected chi connectivity index (χ4v) is 3.94. The lowest BCUT2D eigenvalue weighted by Gasteiger charge is -2.29. The van der Waals surface area contributed by atoms with Crippen molar-refractivity contribution in [2.24, 2.45) is 0 Å². The quantitative estimate of drug-likeness (QED) is 0.621. The topological polar surface area (TPSA) is 66.0 Å². The molecular weight excluding hydrogens is 389 g/mol. The molecule has 1 heterocycles. The Morgan fingerprint density at radius 1 is 1.20 bits per heavy atom. The van der Waals surface area contributed by atoms with Crippen LogP contribution < -0.4 is 10.1 Å². The van der Waals surface area contributed by atoms with E-state index in [1.165, 1.54) is 13.0 Å². The van der Waals surface area contributed by atoms with Crippen molar-refractivity contribution in [2.75, 3.05) is 19.8 Å². The maximum Gasteiger partial charge on any atom is 0.217 e. The summed E-state index contributed by atoms with van der Waals surface area (Å²) in [4.78, 5) is 11.0. The Kier molecular flexibility index (Phi) is 8.90. The molecule has 1 aromatic carbocycles. The first-order valence-electron chi connectivity index (χ1n) is 11.0. The third-order valence-electron chi connectivity index (χ3n) is 5.61. The SMILES string of the molecule is CC(=O)N[C@@H](C)COC1CCC(OCc2ccc(OC[C@@H]3CCCO3)cc2F)CC1. The van der Waals surface area contributed by atoms with Crippen molar-refractivity contribution in [1.82, 2.24) is 5.32 Å². The number of rotatable bonds is 10. The first kappa shape index (κ1) is 23.0. The van der Waals surface area contributed by atoms with E-state index in [-0.39, 0.29) is 42.7 Å². The second kappa shape index (κ2) is 11.6. The number of carbonyl (C=O) groups excluding carboxylic acids is 1. The van der Waals surface area contributed by atoms with E-state index in [1.807, 2.05) is 6.92 Å². The maximum absolute atomic E-state index is 14.4. The highest BCUT2D eigenvalue weighted by Crippen LogP contribution is 2.26. The zero-order valence-corrected chi connectivity index (χ0v) is 18.0. The van der Waals surface area contributed by atoms with Gasteiger partial charge in [-0.05, 0) is 51.5 Å². The van der Waals surface area contributed by atoms with Crippen LogP contribution in [0.1, 0.15) is 57.9 Å². The van der Waals surface area contributed by atoms with E-state index in [2.05, 4.69) is 5.32 Å². The standard InChI is InChI=1S/C23H34FNO5/c1-16(25-17(2)26)13-28-19-7-9-20(10-8-19)29-14-18-5-6-21(12-23(18)24)30-15-22-4-3-11-27-22/h5-6,12,16,19-20,22H,3-4,7-11,13-15H2,1-2H3,(H,25,26)/t16-,19?,20?,22-/m0/s1. The first-order valence-corrected chi connectivity index (χ1v) is 11.0. The summed E-state index contributed by atoms with van der Waals surface area (Å²) < 4.78 is 37.4. The van der Waals surface area contributed by atoms with E-state index >= 15 is 0 Å². The van der Waals surface area contributed by atoms with Gasteiger partial charge in [-0.2, -0.15) is 0 Å². The first-order chi connectivity index (χ1) is 14.5. The Morgan fingerprint density at radius 3 is 2.57 bits per heavy atom. The smallest absolute Gasteiger partial charge is 0.217 e. The minimum atomic E-state index is -0.302. The molecule has 1 N–H and O–H groups in total. The number of hydrogen-bond donors (Lipinski definition) is 1. The minimum absolute atomic E-state index is 0.0112. The van der Waals surface area contributed by atoms with Crippen molar-refractivity contribution in [3.63, 3.8) is 0 Å². The third kappa shape index (κ3) is 7.52. The Bertz CT molecular complexity index is 672. The van der Waals surface area contributed by atoms with Gasteiger partial charge in [-0.15, -0.1) is 0 Å². The zero-order chi connectivity index (χ0) is 21.3. The van der Waals surface area contributed by atoms with Crippen LogP contribution in [0.15, 0.2) is 18.2 Å². The number of amides is 1. The second-order valence-corrected chi connectivity index (χ2v) is 8.34. The van der Waals surface area contributed by atoms with Crippen molar-refractivity contribution in [3.05, 3.63) is 29.6 Å². The molecule has 2 aliphatic rings. The van der Waals surface area contributed by atoms with Gasteiger partial charge in [0.2, 0.25) is 5.91 Å². The average Bonchev–Trinajstić information content (AvgIpc) is 3.24. The van der Waals surface area contributed by atoms with Gasteiger partial charge in [0.05, 0.1) is 31.5 Å². The molecule has 0 aromatic heterocycles. The number of ether oxygens (including phenoxy) is 4. The van der Waals surface area contributed by atoms with Crippen LogP contribution in [0.4, 0.5) is 4.39 Å². The maximum atomic E-state index is 14.4. The van der Waals surface area contributed by atoms with E-state index in [4.69, 9.17) is 18.9 Å². The lowest BCUT2D eigenvalue weighted by Crippen LogP contribution is -2.36. The molecule has 0 spiro atoms. The minimum Gasteiger partial charge on any atom is -0.491 e. The van der Waals surface area contributed by atoms with Crippen molar-refractivity contribution in [1.29, 1.82) is 0 Å². The molecule has 1 aromatic rings. The molecule has 0 bridgehead atoms. The molecule has 30 heavy (non-hydrogen) atoms. The fourth-order valence-electron chi connectivity index (χ4n) is 3.94. The summed E-state index contributed by atoms with van der Waals surface area (Å²) in [7, 11) is 0. The van der Waals surface area contributed by atoms with E-state index < -0.39 is 0 Å². The molecule has 2 fully saturated rings. The molecule has 168 valence electrons. The largest absolute Gasteiger partial charge is 0.491 e. The number of hydrogen-bond acceptors (Lipinski definition) is 5. The lowest BCUT2D eigenvalue weighted by molar-refractivity contribution is -0.120. The third-order valence-corrected chi connectivity index (χ3v) is 5.61. The van der Waals surface area contributed by atoms with Crippen molar-refractivity contribution in [3.8, 4) is 5.75 Å². The molecule has 2 atom stereocenters. The average molecular weight is 424 g/mol. The predicted molar refractivity (Wildman–Crippen MR) is 111 cm³/mol. The molecule has 1 amide bonds. The van der Waals surface area contributed by atoms with Gasteiger partial charge in [-0.3, -0.25) is 4.79 Å². The van der Waals surface area contributed by atoms with Crippen LogP contribution in [0, 0.1) is 5.82 Å². The van der Waals surface area contributed by atoms with Crippen LogP contribution in [0.25, 0.3) is 0 Å². The van der Waals surface area contributed by atoms with E-state index in [0.29, 0.717) is 24.5 Å². The molecule has 0 unspecified atom stereocenters. The van der Waals surface area contributed by atoms with E-state index in [1.54, 1.807) is 12.1 Å². The van der Waals surface area contributed by atoms with Crippen LogP contribution in [-0.2, 0) is 25.6 Å². The lowest BCUT2D eigenvalue weighted by atomic mass is 9.95. The van der Waals surface area contributed by atoms with Crippen molar-refractivity contribution in [2.45, 2.75) is 83.3 Å². The van der Waals surface area contributed by atoms with Gasteiger partial charge in [-0.25, -0.2) is 4.39 Å². The Labute approximate surface area is 178 Å². The summed E-state index contributed by atoms with van der Waals surface area (Å²) in [5.41, 5.74) is 0.543. The molecule has 1 saturated carbocycles. The van der Waals surface area contributed by atoms with Gasteiger partial charge in [0.25, 0.3) is 0 Å². The van der Waals surface area contributed by atoms with Crippen LogP contribution in [0.3, 0.4) is 0 Å². The highest BCUT2D eigenvalue weighted by molar-refractivity contribution is 5.73. The number of carbonyl (C=O) groups is 1. The van der Waals surface area contributed by atoms with Gasteiger partial charge in [0.1, 0.15) is 18.2 Å². The molecule has 1 aliphatic carbocycles. The van der Waals surface area contributed by atoms with Crippen molar-refractivity contribution < 1.29 is 28.1 Å². The van der Waals surface area contributed by atoms with Crippen LogP contribution in [0.2, 0.25) is 0 Å². The summed E-state index contributed by atoms with van der Waals surface area (Å²) in [5, 5.41) is 2.82. The fraction of sp³-hybridized carbons (Fsp3) is 0.696. The summed E-state index contributed by atoms with van der Waals surface area (Å²) in [6.45, 7) is 5.46. The number of benzene rings is 1. The predicted octanol–water partition coefficient (Wildman–Crippen LogP) is 3.75. The van der Waals surface area contributed by atoms with E-state index in [9.17, 15) is 9.18 Å². The highest BCUT2D eigenvalue weighted by atomic mass is 19.1. The molecule has 1 aliphatic heterocycles. The molecule has 0 radical (unpaired) electrons. The van der Waals surface area contributed by atoms with Gasteiger partial charge < -0.3 is 24.3 Å². The Morgan fingerprint density at radius 2 is 1.93 bits per heavy atom. The van der Waals surface area contributed by atoms with Gasteiger partial charge >= 0.3 is 0 Å². The van der Waals surface area contributed by atoms with Gasteiger partial charge in [-0.1, -0.05) is 6.07 Å². The van der Waals surface area contributed by atoms with Crippen LogP contribution >= 0.6 is 0 Å². The Hall–Kier alpha value is -1.70. The Balaban J connectivity index is 1.34. The summed E-state index contributed by atoms with van der Waals surface area (Å²) >= 11 is 0. The highest BCUT2D eigenvalue weighted by Gasteiger charge is 2.23. The zero-order valence-electron chi connectivity index (χ0n) is 18.0. The molecule has 6 nitrogen and oxygen atoms in total. The van der Waals surface area contributed by atoms with Crippen LogP contribution in [0.5, 0.6) is 5.75 Å². The summed E-state index contributed by atoms with van der Waals surface area (Å²) in [6.07, 6.45) is 6.09. The van der Waals surface area contributed by atoms with Crippen LogP contribution in [-0.4, -0.2) is 50.1 Å². The molecule has 7 heteroatoms. The monoisotopic (exact) mass is 423 g/mol. The van der Waals surface area contributed by atoms with Gasteiger partial charge in [0, 0.05) is 31.2 Å². The molecule has 3 rings (SSSR count).